The Morgan fingerprint density at radius 2 is 1.38 bits per heavy atom. The predicted octanol–water partition coefficient (Wildman–Crippen LogP) is 5.40. The van der Waals surface area contributed by atoms with Crippen LogP contribution in [0.1, 0.15) is 47.5 Å². The number of hydrogen-bond donors (Lipinski definition) is 2. The Hall–Kier alpha value is -3.27. The first-order valence-electron chi connectivity index (χ1n) is 10.1. The highest BCUT2D eigenvalue weighted by molar-refractivity contribution is 5.89. The van der Waals surface area contributed by atoms with E-state index in [-0.39, 0.29) is 12.1 Å². The molecule has 0 aliphatic heterocycles. The zero-order valence-electron chi connectivity index (χ0n) is 16.4. The van der Waals surface area contributed by atoms with Crippen molar-refractivity contribution in [1.82, 2.24) is 0 Å². The zero-order valence-corrected chi connectivity index (χ0v) is 16.4. The third-order valence-corrected chi connectivity index (χ3v) is 5.65. The third-order valence-electron chi connectivity index (χ3n) is 5.65. The van der Waals surface area contributed by atoms with E-state index in [2.05, 4.69) is 24.3 Å². The van der Waals surface area contributed by atoms with E-state index in [4.69, 9.17) is 16.2 Å². The summed E-state index contributed by atoms with van der Waals surface area (Å²) in [5.41, 5.74) is 17.3. The van der Waals surface area contributed by atoms with Crippen molar-refractivity contribution in [3.05, 3.63) is 83.9 Å². The standard InChI is InChI=1S/C25H26N2O2/c26-22-14-21(15-23(27)16-22)19-8-6-17(7-9-19)18-10-12-24(13-11-18)29-25(28)20-4-2-1-3-5-20/h1-9,14-16,18,24H,10-13,26-27H2. The Bertz CT molecular complexity index is 955. The molecule has 4 heteroatoms. The highest BCUT2D eigenvalue weighted by Crippen LogP contribution is 2.35. The van der Waals surface area contributed by atoms with Gasteiger partial charge in [-0.15, -0.1) is 0 Å². The summed E-state index contributed by atoms with van der Waals surface area (Å²) in [5.74, 6) is 0.279. The molecule has 0 bridgehead atoms. The Morgan fingerprint density at radius 3 is 2.00 bits per heavy atom. The van der Waals surface area contributed by atoms with Gasteiger partial charge in [-0.25, -0.2) is 4.79 Å². The van der Waals surface area contributed by atoms with Crippen LogP contribution in [0.3, 0.4) is 0 Å². The minimum Gasteiger partial charge on any atom is -0.459 e. The SMILES string of the molecule is Nc1cc(N)cc(-c2ccc(C3CCC(OC(=O)c4ccccc4)CC3)cc2)c1. The van der Waals surface area contributed by atoms with Crippen molar-refractivity contribution < 1.29 is 9.53 Å². The number of carbonyl (C=O) groups is 1. The monoisotopic (exact) mass is 386 g/mol. The summed E-state index contributed by atoms with van der Waals surface area (Å²) in [4.78, 5) is 12.2. The lowest BCUT2D eigenvalue weighted by molar-refractivity contribution is 0.0195. The summed E-state index contributed by atoms with van der Waals surface area (Å²) in [6.45, 7) is 0. The van der Waals surface area contributed by atoms with Crippen LogP contribution in [0, 0.1) is 0 Å². The molecule has 0 unspecified atom stereocenters. The fourth-order valence-corrected chi connectivity index (χ4v) is 4.10. The molecule has 4 rings (SSSR count). The van der Waals surface area contributed by atoms with Gasteiger partial charge in [0.05, 0.1) is 5.56 Å². The minimum atomic E-state index is -0.222. The van der Waals surface area contributed by atoms with Gasteiger partial charge in [-0.3, -0.25) is 0 Å². The van der Waals surface area contributed by atoms with Crippen LogP contribution in [0.25, 0.3) is 11.1 Å². The maximum atomic E-state index is 12.2. The summed E-state index contributed by atoms with van der Waals surface area (Å²) >= 11 is 0. The van der Waals surface area contributed by atoms with Gasteiger partial charge in [-0.1, -0.05) is 42.5 Å². The van der Waals surface area contributed by atoms with Crippen LogP contribution in [0.5, 0.6) is 0 Å². The van der Waals surface area contributed by atoms with Crippen LogP contribution < -0.4 is 11.5 Å². The number of carbonyl (C=O) groups excluding carboxylic acids is 1. The first-order valence-corrected chi connectivity index (χ1v) is 10.1. The van der Waals surface area contributed by atoms with E-state index in [9.17, 15) is 4.79 Å². The Balaban J connectivity index is 1.35. The lowest BCUT2D eigenvalue weighted by atomic mass is 9.82. The number of rotatable bonds is 4. The summed E-state index contributed by atoms with van der Waals surface area (Å²) in [7, 11) is 0. The Labute approximate surface area is 171 Å². The van der Waals surface area contributed by atoms with Crippen molar-refractivity contribution in [3.63, 3.8) is 0 Å². The number of anilines is 2. The molecule has 4 N–H and O–H groups in total. The largest absolute Gasteiger partial charge is 0.459 e. The van der Waals surface area contributed by atoms with Crippen LogP contribution in [-0.4, -0.2) is 12.1 Å². The molecule has 0 aromatic heterocycles. The average Bonchev–Trinajstić information content (AvgIpc) is 2.74. The molecule has 4 nitrogen and oxygen atoms in total. The normalized spacial score (nSPS) is 18.9. The molecule has 0 radical (unpaired) electrons. The van der Waals surface area contributed by atoms with E-state index in [0.29, 0.717) is 22.9 Å². The van der Waals surface area contributed by atoms with Crippen molar-refractivity contribution in [1.29, 1.82) is 0 Å². The Kier molecular flexibility index (Phi) is 5.52. The van der Waals surface area contributed by atoms with E-state index < -0.39 is 0 Å². The quantitative estimate of drug-likeness (QED) is 0.465. The van der Waals surface area contributed by atoms with Gasteiger partial charge < -0.3 is 16.2 Å². The number of nitrogen functional groups attached to an aromatic ring is 2. The highest BCUT2D eigenvalue weighted by atomic mass is 16.5. The minimum absolute atomic E-state index is 0.00787. The van der Waals surface area contributed by atoms with Gasteiger partial charge in [0.25, 0.3) is 0 Å². The second-order valence-electron chi connectivity index (χ2n) is 7.76. The van der Waals surface area contributed by atoms with Crippen LogP contribution >= 0.6 is 0 Å². The number of esters is 1. The van der Waals surface area contributed by atoms with Crippen molar-refractivity contribution in [2.45, 2.75) is 37.7 Å². The van der Waals surface area contributed by atoms with E-state index in [1.54, 1.807) is 18.2 Å². The van der Waals surface area contributed by atoms with Crippen molar-refractivity contribution in [3.8, 4) is 11.1 Å². The van der Waals surface area contributed by atoms with E-state index in [0.717, 1.165) is 36.8 Å². The van der Waals surface area contributed by atoms with Gasteiger partial charge in [0, 0.05) is 11.4 Å². The van der Waals surface area contributed by atoms with E-state index >= 15 is 0 Å². The van der Waals surface area contributed by atoms with Gasteiger partial charge in [-0.05, 0) is 78.6 Å². The molecule has 1 saturated carbocycles. The fraction of sp³-hybridized carbons (Fsp3) is 0.240. The molecular formula is C25H26N2O2. The molecular weight excluding hydrogens is 360 g/mol. The summed E-state index contributed by atoms with van der Waals surface area (Å²) in [6, 6.07) is 23.5. The van der Waals surface area contributed by atoms with Crippen LogP contribution in [-0.2, 0) is 4.74 Å². The maximum absolute atomic E-state index is 12.2. The van der Waals surface area contributed by atoms with Gasteiger partial charge in [-0.2, -0.15) is 0 Å². The zero-order chi connectivity index (χ0) is 20.2. The molecule has 0 spiro atoms. The number of hydrogen-bond acceptors (Lipinski definition) is 4. The molecule has 3 aromatic rings. The average molecular weight is 386 g/mol. The Morgan fingerprint density at radius 1 is 0.759 bits per heavy atom. The fourth-order valence-electron chi connectivity index (χ4n) is 4.10. The molecule has 148 valence electrons. The highest BCUT2D eigenvalue weighted by Gasteiger charge is 2.25. The van der Waals surface area contributed by atoms with Crippen molar-refractivity contribution in [2.24, 2.45) is 0 Å². The lowest BCUT2D eigenvalue weighted by Crippen LogP contribution is -2.23. The molecule has 1 fully saturated rings. The first kappa shape index (κ1) is 19.1. The molecule has 1 aliphatic carbocycles. The van der Waals surface area contributed by atoms with Gasteiger partial charge in [0.1, 0.15) is 6.10 Å². The topological polar surface area (TPSA) is 78.3 Å². The van der Waals surface area contributed by atoms with Gasteiger partial charge in [0.15, 0.2) is 0 Å². The summed E-state index contributed by atoms with van der Waals surface area (Å²) in [6.07, 6.45) is 3.86. The van der Waals surface area contributed by atoms with Gasteiger partial charge >= 0.3 is 5.97 Å². The van der Waals surface area contributed by atoms with E-state index in [1.807, 2.05) is 30.3 Å². The van der Waals surface area contributed by atoms with Crippen LogP contribution in [0.2, 0.25) is 0 Å². The summed E-state index contributed by atoms with van der Waals surface area (Å²) in [5, 5.41) is 0. The molecule has 3 aromatic carbocycles. The first-order chi connectivity index (χ1) is 14.1. The number of ether oxygens (including phenoxy) is 1. The van der Waals surface area contributed by atoms with Crippen LogP contribution in [0.15, 0.2) is 72.8 Å². The molecule has 0 atom stereocenters. The summed E-state index contributed by atoms with van der Waals surface area (Å²) < 4.78 is 5.70. The van der Waals surface area contributed by atoms with E-state index in [1.165, 1.54) is 5.56 Å². The predicted molar refractivity (Wildman–Crippen MR) is 118 cm³/mol. The maximum Gasteiger partial charge on any atom is 0.338 e. The van der Waals surface area contributed by atoms with Crippen LogP contribution in [0.4, 0.5) is 11.4 Å². The van der Waals surface area contributed by atoms with Crippen molar-refractivity contribution in [2.75, 3.05) is 11.5 Å². The smallest absolute Gasteiger partial charge is 0.338 e. The lowest BCUT2D eigenvalue weighted by Gasteiger charge is -2.28. The molecule has 29 heavy (non-hydrogen) atoms. The molecule has 0 heterocycles. The molecule has 1 aliphatic rings. The third kappa shape index (κ3) is 4.60. The molecule has 0 amide bonds. The van der Waals surface area contributed by atoms with Gasteiger partial charge in [0.2, 0.25) is 0 Å². The number of nitrogens with two attached hydrogens (primary N) is 2. The number of benzene rings is 3. The van der Waals surface area contributed by atoms with Crippen molar-refractivity contribution >= 4 is 17.3 Å². The second kappa shape index (κ2) is 8.39. The second-order valence-corrected chi connectivity index (χ2v) is 7.76. The molecule has 0 saturated heterocycles.